The maximum absolute atomic E-state index is 15.6. The minimum absolute atomic E-state index is 0.0656. The van der Waals surface area contributed by atoms with Gasteiger partial charge < -0.3 is 33.4 Å². The molecule has 60 heavy (non-hydrogen) atoms. The molecule has 0 unspecified atom stereocenters. The summed E-state index contributed by atoms with van der Waals surface area (Å²) in [6.45, 7) is 10.4. The first-order valence-electron chi connectivity index (χ1n) is 19.6. The molecular formula is C46H44Cl2N6O6. The molecule has 0 saturated carbocycles. The van der Waals surface area contributed by atoms with E-state index in [0.29, 0.717) is 69.0 Å². The number of carbonyl (C=O) groups excluding carboxylic acids is 1. The molecule has 1 atom stereocenters. The van der Waals surface area contributed by atoms with E-state index in [-0.39, 0.29) is 36.4 Å². The van der Waals surface area contributed by atoms with E-state index < -0.39 is 5.97 Å². The van der Waals surface area contributed by atoms with E-state index in [4.69, 9.17) is 37.4 Å². The Balaban J connectivity index is 1.32. The van der Waals surface area contributed by atoms with Crippen LogP contribution in [0.5, 0.6) is 17.2 Å². The fourth-order valence-electron chi connectivity index (χ4n) is 8.74. The van der Waals surface area contributed by atoms with Crippen LogP contribution in [0.3, 0.4) is 0 Å². The molecule has 0 radical (unpaired) electrons. The summed E-state index contributed by atoms with van der Waals surface area (Å²) in [6, 6.07) is 16.2. The average Bonchev–Trinajstić information content (AvgIpc) is 3.74. The predicted molar refractivity (Wildman–Crippen MR) is 234 cm³/mol. The minimum atomic E-state index is -1.20. The number of aromatic carboxylic acids is 1. The highest BCUT2D eigenvalue weighted by Gasteiger charge is 2.40. The number of methoxy groups -OCH3 is 2. The van der Waals surface area contributed by atoms with Crippen molar-refractivity contribution in [2.75, 3.05) is 32.3 Å². The number of amides is 1. The summed E-state index contributed by atoms with van der Waals surface area (Å²) in [5, 5.41) is 13.6. The van der Waals surface area contributed by atoms with Crippen molar-refractivity contribution in [3.05, 3.63) is 122 Å². The number of nitrogens with zero attached hydrogens (tertiary/aromatic N) is 6. The van der Waals surface area contributed by atoms with Gasteiger partial charge >= 0.3 is 5.97 Å². The molecule has 5 heterocycles. The number of aromatic nitrogens is 5. The zero-order valence-corrected chi connectivity index (χ0v) is 35.9. The topological polar surface area (TPSA) is 134 Å². The molecule has 8 rings (SSSR count). The summed E-state index contributed by atoms with van der Waals surface area (Å²) >= 11 is 13.6. The predicted octanol–water partition coefficient (Wildman–Crippen LogP) is 9.99. The molecule has 0 fully saturated rings. The minimum Gasteiger partial charge on any atom is -0.497 e. The normalized spacial score (nSPS) is 13.9. The summed E-state index contributed by atoms with van der Waals surface area (Å²) < 4.78 is 21.3. The lowest BCUT2D eigenvalue weighted by atomic mass is 9.97. The van der Waals surface area contributed by atoms with Crippen molar-refractivity contribution in [1.29, 1.82) is 0 Å². The van der Waals surface area contributed by atoms with Gasteiger partial charge in [0.25, 0.3) is 5.91 Å². The zero-order chi connectivity index (χ0) is 42.6. The molecule has 12 nitrogen and oxygen atoms in total. The van der Waals surface area contributed by atoms with Crippen LogP contribution < -0.4 is 19.1 Å². The van der Waals surface area contributed by atoms with Crippen molar-refractivity contribution in [2.45, 2.75) is 60.0 Å². The molecule has 1 aliphatic rings. The number of fused-ring (bicyclic) bond motifs is 4. The van der Waals surface area contributed by atoms with Gasteiger partial charge in [-0.25, -0.2) is 14.8 Å². The Labute approximate surface area is 357 Å². The lowest BCUT2D eigenvalue weighted by Gasteiger charge is -2.34. The Kier molecular flexibility index (Phi) is 10.9. The lowest BCUT2D eigenvalue weighted by Crippen LogP contribution is -2.43. The maximum atomic E-state index is 15.6. The summed E-state index contributed by atoms with van der Waals surface area (Å²) in [7, 11) is 3.10. The van der Waals surface area contributed by atoms with Crippen LogP contribution in [0.2, 0.25) is 10.0 Å². The molecule has 1 amide bonds. The Bertz CT molecular complexity index is 2820. The van der Waals surface area contributed by atoms with E-state index in [2.05, 4.69) is 19.5 Å². The number of ether oxygens (including phenoxy) is 3. The van der Waals surface area contributed by atoms with Gasteiger partial charge in [-0.05, 0) is 101 Å². The summed E-state index contributed by atoms with van der Waals surface area (Å²) in [5.74, 6) is 0.182. The number of hydrogen-bond donors (Lipinski definition) is 1. The van der Waals surface area contributed by atoms with Crippen molar-refractivity contribution in [3.63, 3.8) is 0 Å². The Morgan fingerprint density at radius 1 is 0.917 bits per heavy atom. The van der Waals surface area contributed by atoms with Crippen molar-refractivity contribution in [3.8, 4) is 28.4 Å². The van der Waals surface area contributed by atoms with Gasteiger partial charge in [-0.3, -0.25) is 9.78 Å². The number of pyridine rings is 1. The fraction of sp³-hybridized carbons (Fsp3) is 0.283. The number of carboxylic acids is 1. The molecule has 308 valence electrons. The van der Waals surface area contributed by atoms with Gasteiger partial charge in [0.15, 0.2) is 5.69 Å². The summed E-state index contributed by atoms with van der Waals surface area (Å²) in [5.41, 5.74) is 8.27. The van der Waals surface area contributed by atoms with Gasteiger partial charge in [0.1, 0.15) is 29.3 Å². The number of carboxylic acid groups (broad SMARTS) is 1. The second-order valence-electron chi connectivity index (χ2n) is 15.2. The highest BCUT2D eigenvalue weighted by Crippen LogP contribution is 2.47. The third kappa shape index (κ3) is 6.87. The maximum Gasteiger partial charge on any atom is 0.354 e. The number of halogens is 2. The molecule has 7 aromatic rings. The molecule has 4 aromatic heterocycles. The largest absolute Gasteiger partial charge is 0.497 e. The summed E-state index contributed by atoms with van der Waals surface area (Å²) in [4.78, 5) is 44.3. The highest BCUT2D eigenvalue weighted by atomic mass is 35.5. The van der Waals surface area contributed by atoms with Crippen molar-refractivity contribution < 1.29 is 28.9 Å². The molecule has 0 saturated heterocycles. The molecule has 0 bridgehead atoms. The summed E-state index contributed by atoms with van der Waals surface area (Å²) in [6.07, 6.45) is 4.19. The van der Waals surface area contributed by atoms with Crippen LogP contribution in [0.15, 0.2) is 67.1 Å². The number of benzene rings is 3. The number of rotatable bonds is 12. The fourth-order valence-corrected chi connectivity index (χ4v) is 9.09. The van der Waals surface area contributed by atoms with Crippen LogP contribution >= 0.6 is 23.2 Å². The van der Waals surface area contributed by atoms with E-state index in [9.17, 15) is 9.90 Å². The SMILES string of the molecule is COc1ccnc(Cn2c(C(=O)O)c(N3C[C@@H](C)n4c(c(CCCOc5cc(C)c(Cl)c(C)c5)c5ccc(Cl)c(-c6c(C)ncnc6C)c54)C3=O)c3c(OC)cccc32)c1. The highest BCUT2D eigenvalue weighted by molar-refractivity contribution is 6.35. The van der Waals surface area contributed by atoms with Crippen LogP contribution in [-0.2, 0) is 13.0 Å². The first kappa shape index (κ1) is 40.7. The van der Waals surface area contributed by atoms with E-state index in [1.54, 1.807) is 47.0 Å². The van der Waals surface area contributed by atoms with Crippen LogP contribution in [-0.4, -0.2) is 68.4 Å². The van der Waals surface area contributed by atoms with Crippen molar-refractivity contribution in [1.82, 2.24) is 24.1 Å². The molecule has 14 heteroatoms. The Morgan fingerprint density at radius 3 is 2.33 bits per heavy atom. The Hall–Kier alpha value is -6.11. The second kappa shape index (κ2) is 16.2. The van der Waals surface area contributed by atoms with E-state index in [0.717, 1.165) is 50.1 Å². The number of hydrogen-bond acceptors (Lipinski definition) is 8. The second-order valence-corrected chi connectivity index (χ2v) is 15.9. The van der Waals surface area contributed by atoms with E-state index in [1.807, 2.05) is 65.0 Å². The van der Waals surface area contributed by atoms with Gasteiger partial charge in [0, 0.05) is 57.8 Å². The van der Waals surface area contributed by atoms with Crippen LogP contribution in [0.25, 0.3) is 32.9 Å². The molecular weight excluding hydrogens is 803 g/mol. The van der Waals surface area contributed by atoms with Crippen molar-refractivity contribution >= 4 is 62.6 Å². The molecule has 0 spiro atoms. The van der Waals surface area contributed by atoms with Crippen LogP contribution in [0.1, 0.15) is 74.1 Å². The van der Waals surface area contributed by atoms with E-state index >= 15 is 4.79 Å². The first-order valence-corrected chi connectivity index (χ1v) is 20.4. The number of carbonyl (C=O) groups is 2. The van der Waals surface area contributed by atoms with Crippen LogP contribution in [0, 0.1) is 27.7 Å². The van der Waals surface area contributed by atoms with Gasteiger partial charge in [0.2, 0.25) is 0 Å². The quantitative estimate of drug-likeness (QED) is 0.119. The first-order chi connectivity index (χ1) is 28.8. The number of aryl methyl sites for hydroxylation is 5. The molecule has 1 N–H and O–H groups in total. The third-order valence-corrected chi connectivity index (χ3v) is 12.3. The molecule has 3 aromatic carbocycles. The average molecular weight is 848 g/mol. The van der Waals surface area contributed by atoms with Gasteiger partial charge in [-0.2, -0.15) is 0 Å². The lowest BCUT2D eigenvalue weighted by molar-refractivity contribution is 0.0687. The monoisotopic (exact) mass is 846 g/mol. The van der Waals surface area contributed by atoms with Gasteiger partial charge in [-0.15, -0.1) is 0 Å². The molecule has 1 aliphatic heterocycles. The molecule has 0 aliphatic carbocycles. The number of anilines is 1. The van der Waals surface area contributed by atoms with Gasteiger partial charge in [-0.1, -0.05) is 35.3 Å². The van der Waals surface area contributed by atoms with E-state index in [1.165, 1.54) is 13.4 Å². The third-order valence-electron chi connectivity index (χ3n) is 11.3. The smallest absolute Gasteiger partial charge is 0.354 e. The van der Waals surface area contributed by atoms with Gasteiger partial charge in [0.05, 0.1) is 60.2 Å². The zero-order valence-electron chi connectivity index (χ0n) is 34.4. The Morgan fingerprint density at radius 2 is 1.65 bits per heavy atom. The van der Waals surface area contributed by atoms with Crippen molar-refractivity contribution in [2.24, 2.45) is 0 Å². The standard InChI is InChI=1S/C46H44Cl2N6O6/c1-24-18-31(19-25(2)40(24)48)60-17-9-10-32-33-13-14-34(47)38(37-27(4)50-23-51-28(37)5)41(33)54-26(3)21-53(45(55)42(32)54)43-39-35(11-8-12-36(39)59-7)52(44(43)46(56)57)22-29-20-30(58-6)15-16-49-29/h8,11-16,18-20,23,26H,9-10,17,21-22H2,1-7H3,(H,56,57)/t26-/m1/s1. The van der Waals surface area contributed by atoms with Crippen LogP contribution in [0.4, 0.5) is 5.69 Å².